The van der Waals surface area contributed by atoms with Crippen molar-refractivity contribution >= 4 is 45.3 Å². The Morgan fingerprint density at radius 3 is 2.59 bits per heavy atom. The van der Waals surface area contributed by atoms with Crippen molar-refractivity contribution in [1.82, 2.24) is 5.43 Å². The number of hydrazone groups is 1. The van der Waals surface area contributed by atoms with Crippen LogP contribution in [0.25, 0.3) is 0 Å². The van der Waals surface area contributed by atoms with Crippen molar-refractivity contribution in [2.75, 3.05) is 6.61 Å². The van der Waals surface area contributed by atoms with Gasteiger partial charge in [0.25, 0.3) is 5.69 Å². The number of benzene rings is 3. The van der Waals surface area contributed by atoms with Crippen molar-refractivity contribution in [3.05, 3.63) is 97.0 Å². The lowest BCUT2D eigenvalue weighted by Gasteiger charge is -2.15. The zero-order valence-electron chi connectivity index (χ0n) is 18.2. The minimum atomic E-state index is -0.490. The van der Waals surface area contributed by atoms with Crippen LogP contribution in [0.3, 0.4) is 0 Å². The molecule has 0 atom stereocenters. The summed E-state index contributed by atoms with van der Waals surface area (Å²) in [6, 6.07) is 16.7. The van der Waals surface area contributed by atoms with Crippen LogP contribution in [-0.2, 0) is 17.8 Å². The third-order valence-corrected chi connectivity index (χ3v) is 5.53. The largest absolute Gasteiger partial charge is 0.490 e. The lowest BCUT2D eigenvalue weighted by atomic mass is 10.1. The summed E-state index contributed by atoms with van der Waals surface area (Å²) in [7, 11) is 0. The molecule has 0 aliphatic rings. The second-order valence-electron chi connectivity index (χ2n) is 7.04. The second-order valence-corrected chi connectivity index (χ2v) is 8.30. The van der Waals surface area contributed by atoms with E-state index in [9.17, 15) is 14.9 Å². The number of amides is 1. The van der Waals surface area contributed by atoms with E-state index in [1.165, 1.54) is 30.5 Å². The number of halogens is 2. The molecule has 1 N–H and O–H groups in total. The third kappa shape index (κ3) is 7.03. The summed E-state index contributed by atoms with van der Waals surface area (Å²) < 4.78 is 12.3. The first kappa shape index (κ1) is 25.2. The Hall–Kier alpha value is -3.43. The van der Waals surface area contributed by atoms with Crippen LogP contribution in [0.4, 0.5) is 5.69 Å². The fraction of sp³-hybridized carbons (Fsp3) is 0.167. The number of carbonyl (C=O) groups excluding carboxylic acids is 1. The van der Waals surface area contributed by atoms with E-state index in [1.54, 1.807) is 18.2 Å². The molecule has 8 nitrogen and oxygen atoms in total. The lowest BCUT2D eigenvalue weighted by Crippen LogP contribution is -2.19. The Morgan fingerprint density at radius 1 is 1.18 bits per heavy atom. The van der Waals surface area contributed by atoms with Gasteiger partial charge < -0.3 is 9.47 Å². The van der Waals surface area contributed by atoms with E-state index in [1.807, 2.05) is 25.1 Å². The van der Waals surface area contributed by atoms with Gasteiger partial charge in [-0.2, -0.15) is 5.10 Å². The van der Waals surface area contributed by atoms with Gasteiger partial charge >= 0.3 is 0 Å². The van der Waals surface area contributed by atoms with Gasteiger partial charge in [0.1, 0.15) is 6.61 Å². The first-order valence-electron chi connectivity index (χ1n) is 10.2. The van der Waals surface area contributed by atoms with Crippen LogP contribution in [-0.4, -0.2) is 23.7 Å². The molecule has 10 heteroatoms. The van der Waals surface area contributed by atoms with Crippen LogP contribution in [0.15, 0.2) is 70.2 Å². The molecule has 0 saturated heterocycles. The number of carbonyl (C=O) groups is 1. The molecule has 3 aromatic rings. The van der Waals surface area contributed by atoms with Gasteiger partial charge in [0.05, 0.1) is 28.6 Å². The van der Waals surface area contributed by atoms with Crippen LogP contribution in [0, 0.1) is 10.1 Å². The fourth-order valence-electron chi connectivity index (χ4n) is 2.97. The average Bonchev–Trinajstić information content (AvgIpc) is 2.80. The molecule has 34 heavy (non-hydrogen) atoms. The zero-order chi connectivity index (χ0) is 24.5. The minimum Gasteiger partial charge on any atom is -0.490 e. The van der Waals surface area contributed by atoms with E-state index < -0.39 is 4.92 Å². The summed E-state index contributed by atoms with van der Waals surface area (Å²) >= 11 is 9.71. The monoisotopic (exact) mass is 545 g/mol. The van der Waals surface area contributed by atoms with E-state index in [0.717, 1.165) is 5.56 Å². The second kappa shape index (κ2) is 12.2. The molecule has 0 fully saturated rings. The summed E-state index contributed by atoms with van der Waals surface area (Å²) in [5.41, 5.74) is 4.58. The highest BCUT2D eigenvalue weighted by Gasteiger charge is 2.13. The summed E-state index contributed by atoms with van der Waals surface area (Å²) in [4.78, 5) is 22.4. The van der Waals surface area contributed by atoms with Gasteiger partial charge in [0.15, 0.2) is 11.5 Å². The predicted octanol–water partition coefficient (Wildman–Crippen LogP) is 5.68. The summed E-state index contributed by atoms with van der Waals surface area (Å²) in [6.07, 6.45) is 1.52. The maximum atomic E-state index is 12.1. The lowest BCUT2D eigenvalue weighted by molar-refractivity contribution is -0.384. The SMILES string of the molecule is CCOc1cc(/C=N/NC(=O)Cc2ccc([N+](=O)[O-])cc2)cc(Br)c1OCc1ccccc1Cl. The van der Waals surface area contributed by atoms with Crippen LogP contribution >= 0.6 is 27.5 Å². The van der Waals surface area contributed by atoms with Gasteiger partial charge in [-0.15, -0.1) is 0 Å². The van der Waals surface area contributed by atoms with E-state index >= 15 is 0 Å². The molecule has 3 aromatic carbocycles. The van der Waals surface area contributed by atoms with Gasteiger partial charge in [0.2, 0.25) is 5.91 Å². The highest BCUT2D eigenvalue weighted by atomic mass is 79.9. The van der Waals surface area contributed by atoms with Gasteiger partial charge in [-0.1, -0.05) is 41.9 Å². The molecule has 0 aliphatic heterocycles. The van der Waals surface area contributed by atoms with Crippen LogP contribution < -0.4 is 14.9 Å². The first-order valence-corrected chi connectivity index (χ1v) is 11.4. The molecule has 0 unspecified atom stereocenters. The number of rotatable bonds is 10. The predicted molar refractivity (Wildman–Crippen MR) is 134 cm³/mol. The molecule has 0 spiro atoms. The van der Waals surface area contributed by atoms with Crippen molar-refractivity contribution in [3.63, 3.8) is 0 Å². The highest BCUT2D eigenvalue weighted by Crippen LogP contribution is 2.37. The zero-order valence-corrected chi connectivity index (χ0v) is 20.5. The van der Waals surface area contributed by atoms with Crippen molar-refractivity contribution in [1.29, 1.82) is 0 Å². The maximum Gasteiger partial charge on any atom is 0.269 e. The molecule has 0 bridgehead atoms. The normalized spacial score (nSPS) is 10.8. The van der Waals surface area contributed by atoms with E-state index in [-0.39, 0.29) is 24.6 Å². The standard InChI is InChI=1S/C24H21BrClN3O5/c1-2-33-22-12-17(11-20(25)24(22)34-15-18-5-3-4-6-21(18)26)14-27-28-23(30)13-16-7-9-19(10-8-16)29(31)32/h3-12,14H,2,13,15H2,1H3,(H,28,30)/b27-14+. The quantitative estimate of drug-likeness (QED) is 0.200. The smallest absolute Gasteiger partial charge is 0.269 e. The van der Waals surface area contributed by atoms with Gasteiger partial charge in [-0.3, -0.25) is 14.9 Å². The summed E-state index contributed by atoms with van der Waals surface area (Å²) in [6.45, 7) is 2.57. The van der Waals surface area contributed by atoms with Crippen molar-refractivity contribution < 1.29 is 19.2 Å². The van der Waals surface area contributed by atoms with Crippen LogP contribution in [0.5, 0.6) is 11.5 Å². The van der Waals surface area contributed by atoms with Crippen LogP contribution in [0.1, 0.15) is 23.6 Å². The molecular weight excluding hydrogens is 526 g/mol. The van der Waals surface area contributed by atoms with Gasteiger partial charge in [-0.05, 0) is 52.2 Å². The molecule has 3 rings (SSSR count). The Kier molecular flexibility index (Phi) is 9.00. The van der Waals surface area contributed by atoms with Crippen molar-refractivity contribution in [2.45, 2.75) is 20.0 Å². The molecule has 0 heterocycles. The molecule has 176 valence electrons. The van der Waals surface area contributed by atoms with Gasteiger partial charge in [0, 0.05) is 22.7 Å². The van der Waals surface area contributed by atoms with Crippen LogP contribution in [0.2, 0.25) is 5.02 Å². The fourth-order valence-corrected chi connectivity index (χ4v) is 3.73. The highest BCUT2D eigenvalue weighted by molar-refractivity contribution is 9.10. The molecule has 0 radical (unpaired) electrons. The van der Waals surface area contributed by atoms with Gasteiger partial charge in [-0.25, -0.2) is 5.43 Å². The van der Waals surface area contributed by atoms with E-state index in [4.69, 9.17) is 21.1 Å². The number of ether oxygens (including phenoxy) is 2. The van der Waals surface area contributed by atoms with E-state index in [2.05, 4.69) is 26.5 Å². The Bertz CT molecular complexity index is 1200. The number of hydrogen-bond acceptors (Lipinski definition) is 6. The molecule has 0 saturated carbocycles. The van der Waals surface area contributed by atoms with Crippen molar-refractivity contribution in [2.24, 2.45) is 5.10 Å². The Balaban J connectivity index is 1.65. The summed E-state index contributed by atoms with van der Waals surface area (Å²) in [5.74, 6) is 0.692. The topological polar surface area (TPSA) is 103 Å². The minimum absolute atomic E-state index is 0.0304. The van der Waals surface area contributed by atoms with Crippen molar-refractivity contribution in [3.8, 4) is 11.5 Å². The number of nitro benzene ring substituents is 1. The third-order valence-electron chi connectivity index (χ3n) is 4.58. The number of nitro groups is 1. The number of hydrogen-bond donors (Lipinski definition) is 1. The Morgan fingerprint density at radius 2 is 1.91 bits per heavy atom. The number of nitrogens with one attached hydrogen (secondary N) is 1. The molecular formula is C24H21BrClN3O5. The first-order chi connectivity index (χ1) is 16.4. The maximum absolute atomic E-state index is 12.1. The number of non-ortho nitro benzene ring substituents is 1. The Labute approximate surface area is 209 Å². The number of nitrogens with zero attached hydrogens (tertiary/aromatic N) is 2. The van der Waals surface area contributed by atoms with E-state index in [0.29, 0.717) is 38.7 Å². The molecule has 0 aliphatic carbocycles. The molecule has 0 aromatic heterocycles. The average molecular weight is 547 g/mol. The molecule has 1 amide bonds. The summed E-state index contributed by atoms with van der Waals surface area (Å²) in [5, 5.41) is 15.3.